The van der Waals surface area contributed by atoms with Crippen LogP contribution in [0.2, 0.25) is 0 Å². The second kappa shape index (κ2) is 13.5. The minimum absolute atomic E-state index is 0.120. The molecule has 1 heterocycles. The number of hydrogen-bond acceptors (Lipinski definition) is 4. The molecule has 0 bridgehead atoms. The lowest BCUT2D eigenvalue weighted by atomic mass is 10.1. The first-order chi connectivity index (χ1) is 12.0. The number of carbonyl (C=O) groups excluding carboxylic acids is 1. The molecule has 0 spiro atoms. The summed E-state index contributed by atoms with van der Waals surface area (Å²) in [5.41, 5.74) is 0. The number of rotatable bonds is 13. The van der Waals surface area contributed by atoms with E-state index in [1.807, 2.05) is 4.90 Å². The standard InChI is InChI=1S/C20H40N2O3/c1-18(2)9-6-5-7-14-24-15-8-16-25-17-20(23)22-12-10-21(11-13-22)19(3)4/h18-19H,5-17H2,1-4H3. The van der Waals surface area contributed by atoms with Gasteiger partial charge >= 0.3 is 0 Å². The molecule has 0 atom stereocenters. The summed E-state index contributed by atoms with van der Waals surface area (Å²) in [6.07, 6.45) is 5.88. The van der Waals surface area contributed by atoms with Gasteiger partial charge in [-0.2, -0.15) is 0 Å². The van der Waals surface area contributed by atoms with Crippen LogP contribution in [0, 0.1) is 5.92 Å². The molecule has 25 heavy (non-hydrogen) atoms. The quantitative estimate of drug-likeness (QED) is 0.475. The van der Waals surface area contributed by atoms with Crippen molar-refractivity contribution in [2.24, 2.45) is 5.92 Å². The summed E-state index contributed by atoms with van der Waals surface area (Å²) >= 11 is 0. The van der Waals surface area contributed by atoms with Gasteiger partial charge in [-0.1, -0.05) is 33.1 Å². The molecule has 0 saturated carbocycles. The largest absolute Gasteiger partial charge is 0.381 e. The third kappa shape index (κ3) is 10.8. The number of carbonyl (C=O) groups is 1. The third-order valence-electron chi connectivity index (χ3n) is 4.77. The molecule has 0 aliphatic carbocycles. The van der Waals surface area contributed by atoms with Crippen molar-refractivity contribution in [2.75, 3.05) is 52.6 Å². The molecule has 0 radical (unpaired) electrons. The summed E-state index contributed by atoms with van der Waals surface area (Å²) in [5, 5.41) is 0. The predicted octanol–water partition coefficient (Wildman–Crippen LogP) is 3.18. The Balaban J connectivity index is 1.89. The fraction of sp³-hybridized carbons (Fsp3) is 0.950. The van der Waals surface area contributed by atoms with Gasteiger partial charge in [0.05, 0.1) is 0 Å². The molecule has 5 nitrogen and oxygen atoms in total. The number of piperazine rings is 1. The van der Waals surface area contributed by atoms with Gasteiger partial charge in [-0.15, -0.1) is 0 Å². The Kier molecular flexibility index (Phi) is 12.1. The van der Waals surface area contributed by atoms with Crippen LogP contribution in [-0.2, 0) is 14.3 Å². The van der Waals surface area contributed by atoms with E-state index in [1.54, 1.807) is 0 Å². The van der Waals surface area contributed by atoms with Crippen molar-refractivity contribution in [1.82, 2.24) is 9.80 Å². The van der Waals surface area contributed by atoms with Crippen LogP contribution in [0.5, 0.6) is 0 Å². The molecule has 1 fully saturated rings. The minimum atomic E-state index is 0.120. The number of ether oxygens (including phenoxy) is 2. The lowest BCUT2D eigenvalue weighted by Gasteiger charge is -2.36. The molecule has 0 N–H and O–H groups in total. The Morgan fingerprint density at radius 2 is 1.48 bits per heavy atom. The molecule has 148 valence electrons. The highest BCUT2D eigenvalue weighted by Gasteiger charge is 2.22. The van der Waals surface area contributed by atoms with Crippen molar-refractivity contribution in [3.8, 4) is 0 Å². The number of unbranched alkanes of at least 4 members (excludes halogenated alkanes) is 2. The highest BCUT2D eigenvalue weighted by Crippen LogP contribution is 2.08. The van der Waals surface area contributed by atoms with E-state index in [-0.39, 0.29) is 12.5 Å². The maximum absolute atomic E-state index is 12.1. The summed E-state index contributed by atoms with van der Waals surface area (Å²) in [7, 11) is 0. The maximum Gasteiger partial charge on any atom is 0.248 e. The monoisotopic (exact) mass is 356 g/mol. The molecular weight excluding hydrogens is 316 g/mol. The van der Waals surface area contributed by atoms with Gasteiger partial charge in [0.15, 0.2) is 0 Å². The van der Waals surface area contributed by atoms with Crippen molar-refractivity contribution >= 4 is 5.91 Å². The number of nitrogens with zero attached hydrogens (tertiary/aromatic N) is 2. The normalized spacial score (nSPS) is 16.2. The van der Waals surface area contributed by atoms with E-state index in [0.29, 0.717) is 12.6 Å². The zero-order chi connectivity index (χ0) is 18.5. The third-order valence-corrected chi connectivity index (χ3v) is 4.77. The molecular formula is C20H40N2O3. The number of hydrogen-bond donors (Lipinski definition) is 0. The molecule has 0 aromatic carbocycles. The Hall–Kier alpha value is -0.650. The van der Waals surface area contributed by atoms with Crippen molar-refractivity contribution in [1.29, 1.82) is 0 Å². The summed E-state index contributed by atoms with van der Waals surface area (Å²) < 4.78 is 11.1. The fourth-order valence-corrected chi connectivity index (χ4v) is 3.04. The van der Waals surface area contributed by atoms with Crippen LogP contribution in [0.1, 0.15) is 59.8 Å². The molecule has 1 rings (SSSR count). The van der Waals surface area contributed by atoms with E-state index in [2.05, 4.69) is 32.6 Å². The zero-order valence-electron chi connectivity index (χ0n) is 17.0. The van der Waals surface area contributed by atoms with E-state index in [4.69, 9.17) is 9.47 Å². The molecule has 5 heteroatoms. The van der Waals surface area contributed by atoms with Crippen LogP contribution in [0.3, 0.4) is 0 Å². The molecule has 0 aromatic rings. The predicted molar refractivity (Wildman–Crippen MR) is 103 cm³/mol. The highest BCUT2D eigenvalue weighted by molar-refractivity contribution is 5.77. The van der Waals surface area contributed by atoms with Crippen LogP contribution < -0.4 is 0 Å². The van der Waals surface area contributed by atoms with Gasteiger partial charge in [-0.05, 0) is 32.6 Å². The Morgan fingerprint density at radius 1 is 0.840 bits per heavy atom. The fourth-order valence-electron chi connectivity index (χ4n) is 3.04. The van der Waals surface area contributed by atoms with Crippen molar-refractivity contribution in [2.45, 2.75) is 65.8 Å². The topological polar surface area (TPSA) is 42.0 Å². The molecule has 1 aliphatic heterocycles. The first-order valence-electron chi connectivity index (χ1n) is 10.2. The van der Waals surface area contributed by atoms with Gasteiger partial charge in [0.25, 0.3) is 0 Å². The van der Waals surface area contributed by atoms with Crippen molar-refractivity contribution in [3.05, 3.63) is 0 Å². The average Bonchev–Trinajstić information content (AvgIpc) is 2.59. The van der Waals surface area contributed by atoms with E-state index in [9.17, 15) is 4.79 Å². The zero-order valence-corrected chi connectivity index (χ0v) is 17.0. The van der Waals surface area contributed by atoms with Crippen LogP contribution in [-0.4, -0.2) is 74.4 Å². The Morgan fingerprint density at radius 3 is 2.12 bits per heavy atom. The van der Waals surface area contributed by atoms with E-state index >= 15 is 0 Å². The summed E-state index contributed by atoms with van der Waals surface area (Å²) in [6.45, 7) is 14.9. The minimum Gasteiger partial charge on any atom is -0.381 e. The second-order valence-corrected chi connectivity index (χ2v) is 7.77. The first-order valence-corrected chi connectivity index (χ1v) is 10.2. The smallest absolute Gasteiger partial charge is 0.248 e. The van der Waals surface area contributed by atoms with Crippen LogP contribution in [0.25, 0.3) is 0 Å². The van der Waals surface area contributed by atoms with Crippen LogP contribution >= 0.6 is 0 Å². The molecule has 1 aliphatic rings. The van der Waals surface area contributed by atoms with Gasteiger partial charge in [0.1, 0.15) is 6.61 Å². The molecule has 1 amide bonds. The van der Waals surface area contributed by atoms with Gasteiger partial charge in [0, 0.05) is 52.0 Å². The van der Waals surface area contributed by atoms with Gasteiger partial charge in [-0.25, -0.2) is 0 Å². The number of amides is 1. The second-order valence-electron chi connectivity index (χ2n) is 7.77. The van der Waals surface area contributed by atoms with Crippen molar-refractivity contribution in [3.63, 3.8) is 0 Å². The Bertz CT molecular complexity index is 340. The van der Waals surface area contributed by atoms with Gasteiger partial charge in [0.2, 0.25) is 5.91 Å². The van der Waals surface area contributed by atoms with Gasteiger partial charge in [-0.3, -0.25) is 9.69 Å². The Labute approximate surface area is 155 Å². The molecule has 1 saturated heterocycles. The average molecular weight is 357 g/mol. The lowest BCUT2D eigenvalue weighted by molar-refractivity contribution is -0.138. The summed E-state index contributed by atoms with van der Waals surface area (Å²) in [5.74, 6) is 0.925. The lowest BCUT2D eigenvalue weighted by Crippen LogP contribution is -2.51. The molecule has 0 aromatic heterocycles. The maximum atomic E-state index is 12.1. The SMILES string of the molecule is CC(C)CCCCCOCCCOCC(=O)N1CCN(C(C)C)CC1. The van der Waals surface area contributed by atoms with Gasteiger partial charge < -0.3 is 14.4 Å². The van der Waals surface area contributed by atoms with Crippen LogP contribution in [0.4, 0.5) is 0 Å². The highest BCUT2D eigenvalue weighted by atomic mass is 16.5. The van der Waals surface area contributed by atoms with E-state index < -0.39 is 0 Å². The van der Waals surface area contributed by atoms with E-state index in [0.717, 1.165) is 58.2 Å². The van der Waals surface area contributed by atoms with E-state index in [1.165, 1.54) is 19.3 Å². The summed E-state index contributed by atoms with van der Waals surface area (Å²) in [4.78, 5) is 16.4. The summed E-state index contributed by atoms with van der Waals surface area (Å²) in [6, 6.07) is 0.559. The molecule has 0 unspecified atom stereocenters. The first kappa shape index (κ1) is 22.4. The van der Waals surface area contributed by atoms with Crippen LogP contribution in [0.15, 0.2) is 0 Å². The van der Waals surface area contributed by atoms with Crippen molar-refractivity contribution < 1.29 is 14.3 Å².